The van der Waals surface area contributed by atoms with Gasteiger partial charge in [-0.3, -0.25) is 9.88 Å². The summed E-state index contributed by atoms with van der Waals surface area (Å²) in [6.45, 7) is 3.39. The van der Waals surface area contributed by atoms with Crippen molar-refractivity contribution in [3.8, 4) is 0 Å². The lowest BCUT2D eigenvalue weighted by molar-refractivity contribution is 0.126. The number of hydrogen-bond donors (Lipinski definition) is 1. The molecule has 2 heterocycles. The SMILES string of the molecule is OCC1CCN(Cc2ccc3ccccc3n2)CC1. The van der Waals surface area contributed by atoms with Crippen LogP contribution in [0.3, 0.4) is 0 Å². The van der Waals surface area contributed by atoms with Crippen LogP contribution in [0.2, 0.25) is 0 Å². The number of aliphatic hydroxyl groups excluding tert-OH is 1. The first-order valence-electron chi connectivity index (χ1n) is 7.03. The zero-order chi connectivity index (χ0) is 13.1. The van der Waals surface area contributed by atoms with Gasteiger partial charge in [-0.1, -0.05) is 24.3 Å². The van der Waals surface area contributed by atoms with Crippen LogP contribution >= 0.6 is 0 Å². The van der Waals surface area contributed by atoms with E-state index >= 15 is 0 Å². The fourth-order valence-electron chi connectivity index (χ4n) is 2.75. The van der Waals surface area contributed by atoms with Crippen molar-refractivity contribution in [2.45, 2.75) is 19.4 Å². The molecule has 19 heavy (non-hydrogen) atoms. The number of piperidine rings is 1. The van der Waals surface area contributed by atoms with E-state index in [1.165, 1.54) is 5.39 Å². The summed E-state index contributed by atoms with van der Waals surface area (Å²) in [5.74, 6) is 0.501. The van der Waals surface area contributed by atoms with Crippen LogP contribution in [-0.4, -0.2) is 34.7 Å². The minimum absolute atomic E-state index is 0.335. The van der Waals surface area contributed by atoms with Gasteiger partial charge in [0.05, 0.1) is 11.2 Å². The molecule has 0 aliphatic carbocycles. The predicted octanol–water partition coefficient (Wildman–Crippen LogP) is 2.44. The summed E-state index contributed by atoms with van der Waals surface area (Å²) in [5.41, 5.74) is 2.21. The van der Waals surface area contributed by atoms with Crippen molar-refractivity contribution in [1.29, 1.82) is 0 Å². The lowest BCUT2D eigenvalue weighted by Gasteiger charge is -2.30. The Kier molecular flexibility index (Phi) is 3.76. The molecule has 0 radical (unpaired) electrons. The van der Waals surface area contributed by atoms with Crippen LogP contribution in [0.4, 0.5) is 0 Å². The summed E-state index contributed by atoms with van der Waals surface area (Å²) < 4.78 is 0. The molecular formula is C16H20N2O. The van der Waals surface area contributed by atoms with Crippen molar-refractivity contribution < 1.29 is 5.11 Å². The third-order valence-corrected chi connectivity index (χ3v) is 4.01. The average molecular weight is 256 g/mol. The van der Waals surface area contributed by atoms with Crippen LogP contribution < -0.4 is 0 Å². The van der Waals surface area contributed by atoms with Gasteiger partial charge >= 0.3 is 0 Å². The van der Waals surface area contributed by atoms with Crippen molar-refractivity contribution in [3.05, 3.63) is 42.1 Å². The van der Waals surface area contributed by atoms with Crippen molar-refractivity contribution >= 4 is 10.9 Å². The van der Waals surface area contributed by atoms with Crippen molar-refractivity contribution in [3.63, 3.8) is 0 Å². The van der Waals surface area contributed by atoms with Gasteiger partial charge in [-0.2, -0.15) is 0 Å². The van der Waals surface area contributed by atoms with Gasteiger partial charge in [0.1, 0.15) is 0 Å². The van der Waals surface area contributed by atoms with Gasteiger partial charge in [0.2, 0.25) is 0 Å². The van der Waals surface area contributed by atoms with Gasteiger partial charge in [0.15, 0.2) is 0 Å². The Balaban J connectivity index is 1.68. The van der Waals surface area contributed by atoms with Crippen LogP contribution in [0.15, 0.2) is 36.4 Å². The van der Waals surface area contributed by atoms with Crippen LogP contribution in [-0.2, 0) is 6.54 Å². The van der Waals surface area contributed by atoms with Crippen molar-refractivity contribution in [2.24, 2.45) is 5.92 Å². The Bertz CT molecular complexity index is 547. The lowest BCUT2D eigenvalue weighted by atomic mass is 9.98. The molecule has 0 spiro atoms. The van der Waals surface area contributed by atoms with Gasteiger partial charge < -0.3 is 5.11 Å². The summed E-state index contributed by atoms with van der Waals surface area (Å²) in [7, 11) is 0. The number of nitrogens with zero attached hydrogens (tertiary/aromatic N) is 2. The molecule has 0 amide bonds. The second-order valence-corrected chi connectivity index (χ2v) is 5.40. The fraction of sp³-hybridized carbons (Fsp3) is 0.438. The molecule has 0 saturated carbocycles. The minimum atomic E-state index is 0.335. The number of para-hydroxylation sites is 1. The van der Waals surface area contributed by atoms with E-state index in [0.29, 0.717) is 12.5 Å². The number of pyridine rings is 1. The second kappa shape index (κ2) is 5.68. The second-order valence-electron chi connectivity index (χ2n) is 5.40. The van der Waals surface area contributed by atoms with Crippen molar-refractivity contribution in [1.82, 2.24) is 9.88 Å². The zero-order valence-electron chi connectivity index (χ0n) is 11.1. The normalized spacial score (nSPS) is 17.9. The summed E-state index contributed by atoms with van der Waals surface area (Å²) in [4.78, 5) is 7.15. The fourth-order valence-corrected chi connectivity index (χ4v) is 2.75. The molecule has 0 bridgehead atoms. The van der Waals surface area contributed by atoms with E-state index in [0.717, 1.165) is 43.7 Å². The van der Waals surface area contributed by atoms with E-state index in [4.69, 9.17) is 10.1 Å². The number of rotatable bonds is 3. The predicted molar refractivity (Wildman–Crippen MR) is 76.8 cm³/mol. The molecule has 1 aliphatic rings. The highest BCUT2D eigenvalue weighted by Gasteiger charge is 2.18. The third-order valence-electron chi connectivity index (χ3n) is 4.01. The largest absolute Gasteiger partial charge is 0.396 e. The van der Waals surface area contributed by atoms with Crippen LogP contribution in [0.1, 0.15) is 18.5 Å². The number of hydrogen-bond acceptors (Lipinski definition) is 3. The third kappa shape index (κ3) is 2.94. The van der Waals surface area contributed by atoms with Crippen molar-refractivity contribution in [2.75, 3.05) is 19.7 Å². The van der Waals surface area contributed by atoms with Crippen LogP contribution in [0.5, 0.6) is 0 Å². The summed E-state index contributed by atoms with van der Waals surface area (Å²) in [6, 6.07) is 12.5. The molecule has 3 rings (SSSR count). The number of aliphatic hydroxyl groups is 1. The maximum absolute atomic E-state index is 9.15. The Morgan fingerprint density at radius 2 is 1.89 bits per heavy atom. The zero-order valence-corrected chi connectivity index (χ0v) is 11.1. The molecule has 1 saturated heterocycles. The van der Waals surface area contributed by atoms with Crippen LogP contribution in [0.25, 0.3) is 10.9 Å². The average Bonchev–Trinajstić information content (AvgIpc) is 2.48. The topological polar surface area (TPSA) is 36.4 Å². The van der Waals surface area contributed by atoms with Gasteiger partial charge in [-0.25, -0.2) is 0 Å². The maximum Gasteiger partial charge on any atom is 0.0705 e. The summed E-state index contributed by atoms with van der Waals surface area (Å²) in [5, 5.41) is 10.4. The first-order chi connectivity index (χ1) is 9.35. The van der Waals surface area contributed by atoms with Gasteiger partial charge in [-0.05, 0) is 44.0 Å². The minimum Gasteiger partial charge on any atom is -0.396 e. The quantitative estimate of drug-likeness (QED) is 0.916. The van der Waals surface area contributed by atoms with Gasteiger partial charge in [0.25, 0.3) is 0 Å². The Morgan fingerprint density at radius 1 is 1.11 bits per heavy atom. The maximum atomic E-state index is 9.15. The molecule has 3 nitrogen and oxygen atoms in total. The Morgan fingerprint density at radius 3 is 2.68 bits per heavy atom. The van der Waals surface area contributed by atoms with Gasteiger partial charge in [0, 0.05) is 18.5 Å². The first-order valence-corrected chi connectivity index (χ1v) is 7.03. The summed E-state index contributed by atoms with van der Waals surface area (Å²) >= 11 is 0. The number of benzene rings is 1. The van der Waals surface area contributed by atoms with E-state index in [1.54, 1.807) is 0 Å². The molecule has 3 heteroatoms. The van der Waals surface area contributed by atoms with E-state index < -0.39 is 0 Å². The molecule has 2 aromatic rings. The standard InChI is InChI=1S/C16H20N2O/c19-12-13-7-9-18(10-8-13)11-15-6-5-14-3-1-2-4-16(14)17-15/h1-6,13,19H,7-12H2. The van der Waals surface area contributed by atoms with E-state index in [9.17, 15) is 0 Å². The molecule has 1 fully saturated rings. The first kappa shape index (κ1) is 12.6. The van der Waals surface area contributed by atoms with Crippen LogP contribution in [0, 0.1) is 5.92 Å². The van der Waals surface area contributed by atoms with E-state index in [2.05, 4.69) is 29.2 Å². The molecule has 0 atom stereocenters. The number of likely N-dealkylation sites (tertiary alicyclic amines) is 1. The van der Waals surface area contributed by atoms with E-state index in [-0.39, 0.29) is 0 Å². The molecule has 1 N–H and O–H groups in total. The monoisotopic (exact) mass is 256 g/mol. The lowest BCUT2D eigenvalue weighted by Crippen LogP contribution is -2.34. The number of aromatic nitrogens is 1. The highest BCUT2D eigenvalue weighted by molar-refractivity contribution is 5.78. The number of fused-ring (bicyclic) bond motifs is 1. The molecule has 1 aromatic heterocycles. The molecular weight excluding hydrogens is 236 g/mol. The molecule has 1 aromatic carbocycles. The van der Waals surface area contributed by atoms with Gasteiger partial charge in [-0.15, -0.1) is 0 Å². The molecule has 0 unspecified atom stereocenters. The molecule has 100 valence electrons. The molecule has 1 aliphatic heterocycles. The Labute approximate surface area is 113 Å². The van der Waals surface area contributed by atoms with E-state index in [1.807, 2.05) is 12.1 Å². The highest BCUT2D eigenvalue weighted by atomic mass is 16.3. The Hall–Kier alpha value is -1.45. The summed E-state index contributed by atoms with van der Waals surface area (Å²) in [6.07, 6.45) is 2.20. The highest BCUT2D eigenvalue weighted by Crippen LogP contribution is 2.19. The smallest absolute Gasteiger partial charge is 0.0705 e.